The second-order valence-corrected chi connectivity index (χ2v) is 6.20. The first kappa shape index (κ1) is 14.2. The maximum Gasteiger partial charge on any atom is 0.253 e. The first-order chi connectivity index (χ1) is 11.1. The number of ether oxygens (including phenoxy) is 2. The standard InChI is InChI=1S/C18H20N2O3/c1-11-9-15(18(21)19-13-3-4-13)12(2)20(11)14-5-6-16-17(10-14)23-8-7-22-16/h5-6,9-10,13H,3-4,7-8H2,1-2H3,(H,19,21). The van der Waals surface area contributed by atoms with E-state index in [1.165, 1.54) is 0 Å². The van der Waals surface area contributed by atoms with Gasteiger partial charge in [-0.1, -0.05) is 0 Å². The minimum Gasteiger partial charge on any atom is -0.486 e. The third kappa shape index (κ3) is 2.56. The largest absolute Gasteiger partial charge is 0.486 e. The maximum absolute atomic E-state index is 12.4. The van der Waals surface area contributed by atoms with Gasteiger partial charge in [0.05, 0.1) is 5.56 Å². The SMILES string of the molecule is Cc1cc(C(=O)NC2CC2)c(C)n1-c1ccc2c(c1)OCCO2. The van der Waals surface area contributed by atoms with Gasteiger partial charge in [-0.25, -0.2) is 0 Å². The van der Waals surface area contributed by atoms with Crippen LogP contribution in [0.15, 0.2) is 24.3 Å². The molecule has 1 aromatic heterocycles. The summed E-state index contributed by atoms with van der Waals surface area (Å²) in [7, 11) is 0. The topological polar surface area (TPSA) is 52.5 Å². The number of hydrogen-bond acceptors (Lipinski definition) is 3. The highest BCUT2D eigenvalue weighted by atomic mass is 16.6. The quantitative estimate of drug-likeness (QED) is 0.948. The van der Waals surface area contributed by atoms with Crippen LogP contribution in [-0.2, 0) is 0 Å². The van der Waals surface area contributed by atoms with E-state index in [4.69, 9.17) is 9.47 Å². The molecule has 23 heavy (non-hydrogen) atoms. The van der Waals surface area contributed by atoms with Crippen LogP contribution in [-0.4, -0.2) is 29.7 Å². The number of benzene rings is 1. The molecule has 5 heteroatoms. The lowest BCUT2D eigenvalue weighted by Gasteiger charge is -2.20. The molecule has 1 aromatic carbocycles. The van der Waals surface area contributed by atoms with Crippen molar-refractivity contribution in [3.63, 3.8) is 0 Å². The average Bonchev–Trinajstić information content (AvgIpc) is 3.31. The van der Waals surface area contributed by atoms with Crippen molar-refractivity contribution in [2.24, 2.45) is 0 Å². The zero-order valence-electron chi connectivity index (χ0n) is 13.4. The molecule has 120 valence electrons. The molecule has 1 saturated carbocycles. The van der Waals surface area contributed by atoms with E-state index in [2.05, 4.69) is 9.88 Å². The predicted octanol–water partition coefficient (Wildman–Crippen LogP) is 2.76. The Bertz CT molecular complexity index is 775. The van der Waals surface area contributed by atoms with Crippen molar-refractivity contribution < 1.29 is 14.3 Å². The van der Waals surface area contributed by atoms with E-state index in [-0.39, 0.29) is 5.91 Å². The lowest BCUT2D eigenvalue weighted by molar-refractivity contribution is 0.0950. The van der Waals surface area contributed by atoms with Gasteiger partial charge in [-0.3, -0.25) is 4.79 Å². The van der Waals surface area contributed by atoms with E-state index >= 15 is 0 Å². The number of hydrogen-bond donors (Lipinski definition) is 1. The molecule has 1 amide bonds. The molecule has 1 aliphatic carbocycles. The first-order valence-corrected chi connectivity index (χ1v) is 8.03. The van der Waals surface area contributed by atoms with Gasteiger partial charge in [-0.05, 0) is 44.9 Å². The van der Waals surface area contributed by atoms with Crippen molar-refractivity contribution >= 4 is 5.91 Å². The van der Waals surface area contributed by atoms with Crippen LogP contribution in [0.2, 0.25) is 0 Å². The second-order valence-electron chi connectivity index (χ2n) is 6.20. The molecule has 0 saturated heterocycles. The molecule has 0 atom stereocenters. The molecule has 0 spiro atoms. The van der Waals surface area contributed by atoms with E-state index in [9.17, 15) is 4.79 Å². The van der Waals surface area contributed by atoms with Crippen LogP contribution in [0.3, 0.4) is 0 Å². The summed E-state index contributed by atoms with van der Waals surface area (Å²) in [6, 6.07) is 8.20. The Morgan fingerprint density at radius 1 is 1.13 bits per heavy atom. The third-order valence-corrected chi connectivity index (χ3v) is 4.37. The van der Waals surface area contributed by atoms with Gasteiger partial charge in [0.1, 0.15) is 13.2 Å². The molecule has 2 aromatic rings. The minimum atomic E-state index is 0.0180. The number of nitrogens with zero attached hydrogens (tertiary/aromatic N) is 1. The van der Waals surface area contributed by atoms with Crippen LogP contribution in [0.5, 0.6) is 11.5 Å². The summed E-state index contributed by atoms with van der Waals surface area (Å²) in [6.07, 6.45) is 2.18. The Morgan fingerprint density at radius 3 is 2.61 bits per heavy atom. The van der Waals surface area contributed by atoms with Gasteiger partial charge in [0, 0.05) is 29.2 Å². The zero-order valence-corrected chi connectivity index (χ0v) is 13.4. The van der Waals surface area contributed by atoms with Gasteiger partial charge >= 0.3 is 0 Å². The summed E-state index contributed by atoms with van der Waals surface area (Å²) in [5, 5.41) is 3.06. The Kier molecular flexibility index (Phi) is 3.29. The normalized spacial score (nSPS) is 16.3. The van der Waals surface area contributed by atoms with Gasteiger partial charge in [0.25, 0.3) is 5.91 Å². The summed E-state index contributed by atoms with van der Waals surface area (Å²) >= 11 is 0. The molecule has 4 rings (SSSR count). The van der Waals surface area contributed by atoms with Crippen LogP contribution in [0.25, 0.3) is 5.69 Å². The highest BCUT2D eigenvalue weighted by Gasteiger charge is 2.26. The molecule has 0 bridgehead atoms. The van der Waals surface area contributed by atoms with Crippen LogP contribution in [0, 0.1) is 13.8 Å². The van der Waals surface area contributed by atoms with Crippen molar-refractivity contribution in [3.8, 4) is 17.2 Å². The van der Waals surface area contributed by atoms with Gasteiger partial charge in [0.2, 0.25) is 0 Å². The summed E-state index contributed by atoms with van der Waals surface area (Å²) in [6.45, 7) is 5.14. The smallest absolute Gasteiger partial charge is 0.253 e. The Labute approximate surface area is 135 Å². The van der Waals surface area contributed by atoms with Crippen molar-refractivity contribution in [2.75, 3.05) is 13.2 Å². The van der Waals surface area contributed by atoms with Gasteiger partial charge in [-0.15, -0.1) is 0 Å². The number of nitrogens with one attached hydrogen (secondary N) is 1. The monoisotopic (exact) mass is 312 g/mol. The van der Waals surface area contributed by atoms with Crippen molar-refractivity contribution in [3.05, 3.63) is 41.2 Å². The maximum atomic E-state index is 12.4. The van der Waals surface area contributed by atoms with Gasteiger partial charge in [-0.2, -0.15) is 0 Å². The summed E-state index contributed by atoms with van der Waals surface area (Å²) in [5.74, 6) is 1.55. The molecule has 0 radical (unpaired) electrons. The lowest BCUT2D eigenvalue weighted by Crippen LogP contribution is -2.25. The fourth-order valence-corrected chi connectivity index (χ4v) is 3.05. The molecule has 5 nitrogen and oxygen atoms in total. The van der Waals surface area contributed by atoms with Crippen LogP contribution < -0.4 is 14.8 Å². The molecule has 0 unspecified atom stereocenters. The fourth-order valence-electron chi connectivity index (χ4n) is 3.05. The fraction of sp³-hybridized carbons (Fsp3) is 0.389. The summed E-state index contributed by atoms with van der Waals surface area (Å²) < 4.78 is 13.3. The van der Waals surface area contributed by atoms with Gasteiger partial charge < -0.3 is 19.4 Å². The molecule has 1 aliphatic heterocycles. The summed E-state index contributed by atoms with van der Waals surface area (Å²) in [4.78, 5) is 12.4. The molecular formula is C18H20N2O3. The van der Waals surface area contributed by atoms with Crippen LogP contribution >= 0.6 is 0 Å². The number of carbonyl (C=O) groups excluding carboxylic acids is 1. The van der Waals surface area contributed by atoms with Crippen LogP contribution in [0.4, 0.5) is 0 Å². The number of fused-ring (bicyclic) bond motifs is 1. The molecule has 1 fully saturated rings. The Balaban J connectivity index is 1.71. The molecular weight excluding hydrogens is 292 g/mol. The average molecular weight is 312 g/mol. The molecule has 2 heterocycles. The molecule has 1 N–H and O–H groups in total. The highest BCUT2D eigenvalue weighted by molar-refractivity contribution is 5.96. The molecule has 2 aliphatic rings. The van der Waals surface area contributed by atoms with Crippen molar-refractivity contribution in [2.45, 2.75) is 32.7 Å². The third-order valence-electron chi connectivity index (χ3n) is 4.37. The highest BCUT2D eigenvalue weighted by Crippen LogP contribution is 2.33. The first-order valence-electron chi connectivity index (χ1n) is 8.03. The minimum absolute atomic E-state index is 0.0180. The lowest BCUT2D eigenvalue weighted by atomic mass is 10.2. The van der Waals surface area contributed by atoms with Crippen molar-refractivity contribution in [1.82, 2.24) is 9.88 Å². The number of amides is 1. The Hall–Kier alpha value is -2.43. The van der Waals surface area contributed by atoms with Gasteiger partial charge in [0.15, 0.2) is 11.5 Å². The van der Waals surface area contributed by atoms with E-state index in [0.717, 1.165) is 47.0 Å². The van der Waals surface area contributed by atoms with Crippen LogP contribution in [0.1, 0.15) is 34.6 Å². The Morgan fingerprint density at radius 2 is 1.87 bits per heavy atom. The zero-order chi connectivity index (χ0) is 16.0. The van der Waals surface area contributed by atoms with Crippen molar-refractivity contribution in [1.29, 1.82) is 0 Å². The van der Waals surface area contributed by atoms with E-state index in [1.54, 1.807) is 0 Å². The number of carbonyl (C=O) groups is 1. The summed E-state index contributed by atoms with van der Waals surface area (Å²) in [5.41, 5.74) is 3.69. The number of aryl methyl sites for hydroxylation is 1. The predicted molar refractivity (Wildman–Crippen MR) is 86.7 cm³/mol. The van der Waals surface area contributed by atoms with E-state index in [1.807, 2.05) is 38.1 Å². The number of rotatable bonds is 3. The number of aromatic nitrogens is 1. The second kappa shape index (κ2) is 5.33. The van der Waals surface area contributed by atoms with E-state index < -0.39 is 0 Å². The van der Waals surface area contributed by atoms with E-state index in [0.29, 0.717) is 19.3 Å².